The summed E-state index contributed by atoms with van der Waals surface area (Å²) >= 11 is 7.20. The first-order chi connectivity index (χ1) is 15.4. The van der Waals surface area contributed by atoms with Crippen LogP contribution in [0.4, 0.5) is 5.69 Å². The largest absolute Gasteiger partial charge is 0.493 e. The Labute approximate surface area is 195 Å². The molecule has 0 fully saturated rings. The van der Waals surface area contributed by atoms with E-state index in [9.17, 15) is 14.9 Å². The van der Waals surface area contributed by atoms with Gasteiger partial charge in [0.2, 0.25) is 11.8 Å². The van der Waals surface area contributed by atoms with Gasteiger partial charge in [-0.25, -0.2) is 0 Å². The standard InChI is InChI=1S/C23H22ClN3O4S/c1-13-7-8-14(9-18(13)24)26-21(29)12-32-23-17(11-25)16(10-20(28)27-23)15-5-4-6-19(30-2)22(15)31-3/h4-9,16H,10,12H2,1-3H3,(H,26,29)(H,27,28)/t16-/m1/s1. The maximum Gasteiger partial charge on any atom is 0.234 e. The molecular weight excluding hydrogens is 450 g/mol. The minimum absolute atomic E-state index is 0.00819. The third-order valence-electron chi connectivity index (χ3n) is 4.97. The van der Waals surface area contributed by atoms with Crippen molar-refractivity contribution in [2.75, 3.05) is 25.3 Å². The number of ether oxygens (including phenoxy) is 2. The highest BCUT2D eigenvalue weighted by Gasteiger charge is 2.32. The number of para-hydroxylation sites is 1. The molecule has 166 valence electrons. The van der Waals surface area contributed by atoms with Gasteiger partial charge in [-0.15, -0.1) is 0 Å². The molecule has 32 heavy (non-hydrogen) atoms. The van der Waals surface area contributed by atoms with Crippen LogP contribution in [0.15, 0.2) is 47.0 Å². The topological polar surface area (TPSA) is 100 Å². The maximum atomic E-state index is 12.4. The quantitative estimate of drug-likeness (QED) is 0.621. The predicted molar refractivity (Wildman–Crippen MR) is 125 cm³/mol. The van der Waals surface area contributed by atoms with Gasteiger partial charge >= 0.3 is 0 Å². The first kappa shape index (κ1) is 23.5. The molecule has 7 nitrogen and oxygen atoms in total. The highest BCUT2D eigenvalue weighted by Crippen LogP contribution is 2.43. The molecule has 0 saturated heterocycles. The van der Waals surface area contributed by atoms with Gasteiger partial charge in [0.25, 0.3) is 0 Å². The molecule has 9 heteroatoms. The van der Waals surface area contributed by atoms with Gasteiger partial charge < -0.3 is 20.1 Å². The van der Waals surface area contributed by atoms with Crippen LogP contribution in [0.3, 0.4) is 0 Å². The molecular formula is C23H22ClN3O4S. The van der Waals surface area contributed by atoms with Crippen LogP contribution in [0, 0.1) is 18.3 Å². The van der Waals surface area contributed by atoms with Crippen molar-refractivity contribution in [2.45, 2.75) is 19.3 Å². The Morgan fingerprint density at radius 3 is 2.75 bits per heavy atom. The van der Waals surface area contributed by atoms with Crippen LogP contribution in [-0.4, -0.2) is 31.8 Å². The number of anilines is 1. The smallest absolute Gasteiger partial charge is 0.234 e. The second-order valence-corrected chi connectivity index (χ2v) is 8.44. The zero-order valence-corrected chi connectivity index (χ0v) is 19.4. The molecule has 0 aromatic heterocycles. The molecule has 0 spiro atoms. The van der Waals surface area contributed by atoms with Gasteiger partial charge in [0.15, 0.2) is 11.5 Å². The highest BCUT2D eigenvalue weighted by molar-refractivity contribution is 8.03. The fourth-order valence-corrected chi connectivity index (χ4v) is 4.45. The second-order valence-electron chi connectivity index (χ2n) is 7.04. The van der Waals surface area contributed by atoms with Gasteiger partial charge in [0.05, 0.1) is 36.6 Å². The lowest BCUT2D eigenvalue weighted by Crippen LogP contribution is -2.31. The van der Waals surface area contributed by atoms with E-state index < -0.39 is 5.92 Å². The predicted octanol–water partition coefficient (Wildman–Crippen LogP) is 4.38. The summed E-state index contributed by atoms with van der Waals surface area (Å²) in [6.07, 6.45) is 0.0878. The summed E-state index contributed by atoms with van der Waals surface area (Å²) in [5, 5.41) is 16.3. The molecule has 1 aliphatic rings. The zero-order valence-electron chi connectivity index (χ0n) is 17.8. The molecule has 2 aromatic rings. The summed E-state index contributed by atoms with van der Waals surface area (Å²) in [5.74, 6) is -0.0457. The average Bonchev–Trinajstić information content (AvgIpc) is 2.79. The van der Waals surface area contributed by atoms with E-state index in [1.165, 1.54) is 14.2 Å². The van der Waals surface area contributed by atoms with Crippen LogP contribution in [-0.2, 0) is 9.59 Å². The van der Waals surface area contributed by atoms with Gasteiger partial charge in [0, 0.05) is 28.6 Å². The zero-order chi connectivity index (χ0) is 23.3. The van der Waals surface area contributed by atoms with E-state index in [2.05, 4.69) is 16.7 Å². The Kier molecular flexibility index (Phi) is 7.67. The molecule has 1 aliphatic heterocycles. The summed E-state index contributed by atoms with van der Waals surface area (Å²) in [7, 11) is 3.04. The maximum absolute atomic E-state index is 12.4. The summed E-state index contributed by atoms with van der Waals surface area (Å²) in [6, 6.07) is 12.8. The van der Waals surface area contributed by atoms with Crippen LogP contribution in [0.2, 0.25) is 5.02 Å². The van der Waals surface area contributed by atoms with E-state index in [4.69, 9.17) is 21.1 Å². The number of aryl methyl sites for hydroxylation is 1. The Bertz CT molecular complexity index is 1130. The van der Waals surface area contributed by atoms with Crippen molar-refractivity contribution in [3.8, 4) is 17.6 Å². The molecule has 2 aromatic carbocycles. The number of amides is 2. The molecule has 0 aliphatic carbocycles. The second kappa shape index (κ2) is 10.4. The first-order valence-electron chi connectivity index (χ1n) is 9.71. The number of hydrogen-bond acceptors (Lipinski definition) is 6. The van der Waals surface area contributed by atoms with Crippen LogP contribution >= 0.6 is 23.4 Å². The Morgan fingerprint density at radius 2 is 2.09 bits per heavy atom. The van der Waals surface area contributed by atoms with Gasteiger partial charge in [-0.3, -0.25) is 9.59 Å². The van der Waals surface area contributed by atoms with E-state index in [0.717, 1.165) is 17.3 Å². The van der Waals surface area contributed by atoms with E-state index in [0.29, 0.717) is 38.4 Å². The highest BCUT2D eigenvalue weighted by atomic mass is 35.5. The van der Waals surface area contributed by atoms with E-state index in [1.807, 2.05) is 13.0 Å². The SMILES string of the molecule is COc1cccc([C@H]2CC(=O)NC(SCC(=O)Nc3ccc(C)c(Cl)c3)=C2C#N)c1OC. The van der Waals surface area contributed by atoms with Crippen molar-refractivity contribution in [2.24, 2.45) is 0 Å². The lowest BCUT2D eigenvalue weighted by molar-refractivity contribution is -0.121. The number of thioether (sulfide) groups is 1. The number of methoxy groups -OCH3 is 2. The number of allylic oxidation sites excluding steroid dienone is 1. The Balaban J connectivity index is 1.83. The fourth-order valence-electron chi connectivity index (χ4n) is 3.39. The van der Waals surface area contributed by atoms with Gasteiger partial charge in [0.1, 0.15) is 0 Å². The van der Waals surface area contributed by atoms with E-state index in [1.54, 1.807) is 30.3 Å². The lowest BCUT2D eigenvalue weighted by Gasteiger charge is -2.26. The third-order valence-corrected chi connectivity index (χ3v) is 6.39. The van der Waals surface area contributed by atoms with Crippen molar-refractivity contribution < 1.29 is 19.1 Å². The Morgan fingerprint density at radius 1 is 1.31 bits per heavy atom. The molecule has 1 atom stereocenters. The molecule has 0 saturated carbocycles. The van der Waals surface area contributed by atoms with Crippen molar-refractivity contribution in [3.63, 3.8) is 0 Å². The number of carbonyl (C=O) groups excluding carboxylic acids is 2. The van der Waals surface area contributed by atoms with Gasteiger partial charge in [-0.1, -0.05) is 41.6 Å². The summed E-state index contributed by atoms with van der Waals surface area (Å²) in [4.78, 5) is 24.9. The molecule has 0 radical (unpaired) electrons. The minimum atomic E-state index is -0.514. The Hall–Kier alpha value is -3.15. The van der Waals surface area contributed by atoms with Crippen molar-refractivity contribution in [1.29, 1.82) is 5.26 Å². The number of hydrogen-bond donors (Lipinski definition) is 2. The summed E-state index contributed by atoms with van der Waals surface area (Å²) < 4.78 is 10.8. The number of nitrogens with one attached hydrogen (secondary N) is 2. The third kappa shape index (κ3) is 5.18. The van der Waals surface area contributed by atoms with Crippen molar-refractivity contribution in [3.05, 3.63) is 63.1 Å². The molecule has 1 heterocycles. The molecule has 0 bridgehead atoms. The van der Waals surface area contributed by atoms with Crippen molar-refractivity contribution >= 4 is 40.9 Å². The monoisotopic (exact) mass is 471 g/mol. The lowest BCUT2D eigenvalue weighted by atomic mass is 9.86. The molecule has 0 unspecified atom stereocenters. The van der Waals surface area contributed by atoms with Crippen molar-refractivity contribution in [1.82, 2.24) is 5.32 Å². The normalized spacial score (nSPS) is 15.6. The van der Waals surface area contributed by atoms with Crippen LogP contribution in [0.25, 0.3) is 0 Å². The number of halogens is 1. The molecule has 2 N–H and O–H groups in total. The van der Waals surface area contributed by atoms with E-state index in [-0.39, 0.29) is 24.0 Å². The van der Waals surface area contributed by atoms with Gasteiger partial charge in [-0.05, 0) is 30.7 Å². The van der Waals surface area contributed by atoms with Crippen LogP contribution in [0.5, 0.6) is 11.5 Å². The number of nitriles is 1. The fraction of sp³-hybridized carbons (Fsp3) is 0.261. The average molecular weight is 472 g/mol. The van der Waals surface area contributed by atoms with Crippen LogP contribution in [0.1, 0.15) is 23.5 Å². The number of rotatable bonds is 7. The van der Waals surface area contributed by atoms with Gasteiger partial charge in [-0.2, -0.15) is 5.26 Å². The number of nitrogens with zero attached hydrogens (tertiary/aromatic N) is 1. The van der Waals surface area contributed by atoms with E-state index >= 15 is 0 Å². The molecule has 2 amide bonds. The number of benzene rings is 2. The first-order valence-corrected chi connectivity index (χ1v) is 11.1. The minimum Gasteiger partial charge on any atom is -0.493 e. The summed E-state index contributed by atoms with van der Waals surface area (Å²) in [5.41, 5.74) is 2.53. The van der Waals surface area contributed by atoms with Crippen LogP contribution < -0.4 is 20.1 Å². The summed E-state index contributed by atoms with van der Waals surface area (Å²) in [6.45, 7) is 1.87. The molecule has 3 rings (SSSR count). The number of carbonyl (C=O) groups is 2.